The molecule has 0 spiro atoms. The number of carbonyl (C=O) groups is 1. The molecule has 0 radical (unpaired) electrons. The van der Waals surface area contributed by atoms with Gasteiger partial charge in [-0.3, -0.25) is 4.79 Å². The van der Waals surface area contributed by atoms with Gasteiger partial charge in [-0.15, -0.1) is 0 Å². The Bertz CT molecular complexity index is 998. The standard InChI is InChI=1S/C67H133NO3/c1-3-5-7-9-11-13-15-17-19-21-23-24-25-26-27-28-29-30-31-32-33-34-35-36-37-38-39-40-41-42-43-44-45-47-49-51-53-55-57-59-61-63-67(71)68-65(64-69)66(70)62-60-58-56-54-52-50-48-46-22-20-18-16-14-12-10-8-6-4-2/h21,23,65-66,69-70H,3-20,22,24-64H2,1-2H3,(H,68,71)/b23-21-. The lowest BCUT2D eigenvalue weighted by Gasteiger charge is -2.22. The summed E-state index contributed by atoms with van der Waals surface area (Å²) < 4.78 is 0. The van der Waals surface area contributed by atoms with Crippen LogP contribution < -0.4 is 5.32 Å². The van der Waals surface area contributed by atoms with Crippen LogP contribution in [0.5, 0.6) is 0 Å². The zero-order chi connectivity index (χ0) is 51.3. The van der Waals surface area contributed by atoms with E-state index in [1.807, 2.05) is 0 Å². The summed E-state index contributed by atoms with van der Waals surface area (Å²) in [6.45, 7) is 4.40. The molecule has 71 heavy (non-hydrogen) atoms. The molecule has 0 aliphatic rings. The first-order valence-electron chi connectivity index (χ1n) is 33.4. The maximum atomic E-state index is 12.5. The molecule has 0 aliphatic heterocycles. The first kappa shape index (κ1) is 70.1. The van der Waals surface area contributed by atoms with Crippen molar-refractivity contribution in [3.63, 3.8) is 0 Å². The fourth-order valence-electron chi connectivity index (χ4n) is 11.0. The Kier molecular flexibility index (Phi) is 62.6. The van der Waals surface area contributed by atoms with E-state index in [0.29, 0.717) is 12.8 Å². The van der Waals surface area contributed by atoms with Crippen LogP contribution in [0.2, 0.25) is 0 Å². The number of aliphatic hydroxyl groups is 2. The fourth-order valence-corrected chi connectivity index (χ4v) is 11.0. The van der Waals surface area contributed by atoms with E-state index in [1.54, 1.807) is 0 Å². The van der Waals surface area contributed by atoms with Crippen molar-refractivity contribution in [1.82, 2.24) is 5.32 Å². The second kappa shape index (κ2) is 63.4. The van der Waals surface area contributed by atoms with Gasteiger partial charge in [-0.25, -0.2) is 0 Å². The SMILES string of the molecule is CCCCCCCCCC/C=C\CCCCCCCCCCCCCCCCCCCCCCCCCCCCCCCC(=O)NC(CO)C(O)CCCCCCCCCCCCCCCCCCCC. The lowest BCUT2D eigenvalue weighted by atomic mass is 10.0. The van der Waals surface area contributed by atoms with E-state index in [4.69, 9.17) is 0 Å². The van der Waals surface area contributed by atoms with E-state index in [-0.39, 0.29) is 12.5 Å². The average molecular weight is 1000 g/mol. The third-order valence-electron chi connectivity index (χ3n) is 16.0. The predicted molar refractivity (Wildman–Crippen MR) is 318 cm³/mol. The van der Waals surface area contributed by atoms with Crippen LogP contribution >= 0.6 is 0 Å². The average Bonchev–Trinajstić information content (AvgIpc) is 3.37. The molecular formula is C67H133NO3. The van der Waals surface area contributed by atoms with Crippen LogP contribution in [0.4, 0.5) is 0 Å². The van der Waals surface area contributed by atoms with E-state index in [2.05, 4.69) is 31.3 Å². The zero-order valence-corrected chi connectivity index (χ0v) is 49.0. The maximum Gasteiger partial charge on any atom is 0.220 e. The molecule has 4 heteroatoms. The number of allylic oxidation sites excluding steroid dienone is 2. The minimum absolute atomic E-state index is 0.0216. The fraction of sp³-hybridized carbons (Fsp3) is 0.955. The van der Waals surface area contributed by atoms with Gasteiger partial charge in [0.25, 0.3) is 0 Å². The number of rotatable bonds is 63. The molecule has 0 bridgehead atoms. The first-order valence-corrected chi connectivity index (χ1v) is 33.4. The van der Waals surface area contributed by atoms with Crippen molar-refractivity contribution >= 4 is 5.91 Å². The zero-order valence-electron chi connectivity index (χ0n) is 49.0. The number of carbonyl (C=O) groups excluding carboxylic acids is 1. The highest BCUT2D eigenvalue weighted by Crippen LogP contribution is 2.19. The van der Waals surface area contributed by atoms with Crippen molar-refractivity contribution < 1.29 is 15.0 Å². The van der Waals surface area contributed by atoms with Crippen LogP contribution in [0.15, 0.2) is 12.2 Å². The summed E-state index contributed by atoms with van der Waals surface area (Å²) in [4.78, 5) is 12.5. The molecule has 2 unspecified atom stereocenters. The van der Waals surface area contributed by atoms with Gasteiger partial charge in [0.15, 0.2) is 0 Å². The number of unbranched alkanes of at least 4 members (excludes halogenated alkanes) is 54. The van der Waals surface area contributed by atoms with Gasteiger partial charge in [0, 0.05) is 6.42 Å². The molecule has 2 atom stereocenters. The van der Waals surface area contributed by atoms with Crippen LogP contribution in [0.1, 0.15) is 393 Å². The topological polar surface area (TPSA) is 69.6 Å². The van der Waals surface area contributed by atoms with Crippen LogP contribution in [0.25, 0.3) is 0 Å². The minimum Gasteiger partial charge on any atom is -0.394 e. The Morgan fingerprint density at radius 3 is 0.775 bits per heavy atom. The number of amides is 1. The molecule has 0 saturated carbocycles. The van der Waals surface area contributed by atoms with Crippen LogP contribution in [-0.2, 0) is 4.79 Å². The quantitative estimate of drug-likeness (QED) is 0.0420. The smallest absolute Gasteiger partial charge is 0.220 e. The summed E-state index contributed by atoms with van der Waals surface area (Å²) in [6, 6.07) is -0.532. The van der Waals surface area contributed by atoms with Crippen molar-refractivity contribution in [2.75, 3.05) is 6.61 Å². The lowest BCUT2D eigenvalue weighted by molar-refractivity contribution is -0.123. The summed E-state index contributed by atoms with van der Waals surface area (Å²) in [5, 5.41) is 23.4. The van der Waals surface area contributed by atoms with Gasteiger partial charge < -0.3 is 15.5 Å². The molecule has 0 aromatic heterocycles. The maximum absolute atomic E-state index is 12.5. The predicted octanol–water partition coefficient (Wildman–Crippen LogP) is 22.4. The lowest BCUT2D eigenvalue weighted by Crippen LogP contribution is -2.45. The molecule has 0 heterocycles. The monoisotopic (exact) mass is 1000 g/mol. The number of nitrogens with one attached hydrogen (secondary N) is 1. The van der Waals surface area contributed by atoms with Gasteiger partial charge in [-0.2, -0.15) is 0 Å². The summed E-state index contributed by atoms with van der Waals surface area (Å²) in [6.07, 6.45) is 84.1. The van der Waals surface area contributed by atoms with Crippen molar-refractivity contribution in [3.8, 4) is 0 Å². The van der Waals surface area contributed by atoms with Crippen LogP contribution in [-0.4, -0.2) is 34.9 Å². The van der Waals surface area contributed by atoms with Gasteiger partial charge in [-0.05, 0) is 38.5 Å². The third-order valence-corrected chi connectivity index (χ3v) is 16.0. The highest BCUT2D eigenvalue weighted by Gasteiger charge is 2.20. The van der Waals surface area contributed by atoms with Gasteiger partial charge in [0.1, 0.15) is 0 Å². The van der Waals surface area contributed by atoms with Gasteiger partial charge in [-0.1, -0.05) is 360 Å². The van der Waals surface area contributed by atoms with Crippen molar-refractivity contribution in [3.05, 3.63) is 12.2 Å². The molecule has 0 aromatic rings. The molecule has 0 aliphatic carbocycles. The van der Waals surface area contributed by atoms with Crippen molar-refractivity contribution in [1.29, 1.82) is 0 Å². The van der Waals surface area contributed by atoms with Crippen molar-refractivity contribution in [2.45, 2.75) is 405 Å². The Morgan fingerprint density at radius 1 is 0.324 bits per heavy atom. The molecule has 1 amide bonds. The second-order valence-corrected chi connectivity index (χ2v) is 23.2. The molecule has 3 N–H and O–H groups in total. The second-order valence-electron chi connectivity index (χ2n) is 23.2. The minimum atomic E-state index is -0.656. The van der Waals surface area contributed by atoms with E-state index in [9.17, 15) is 15.0 Å². The molecular weight excluding hydrogens is 867 g/mol. The van der Waals surface area contributed by atoms with Crippen LogP contribution in [0, 0.1) is 0 Å². The highest BCUT2D eigenvalue weighted by molar-refractivity contribution is 5.76. The molecule has 0 rings (SSSR count). The Labute approximate surface area is 447 Å². The first-order chi connectivity index (χ1) is 35.2. The largest absolute Gasteiger partial charge is 0.394 e. The van der Waals surface area contributed by atoms with Crippen molar-refractivity contribution in [2.24, 2.45) is 0 Å². The molecule has 0 aromatic carbocycles. The number of aliphatic hydroxyl groups excluding tert-OH is 2. The van der Waals surface area contributed by atoms with E-state index >= 15 is 0 Å². The number of hydrogen-bond donors (Lipinski definition) is 3. The number of hydrogen-bond acceptors (Lipinski definition) is 3. The van der Waals surface area contributed by atoms with E-state index in [1.165, 1.54) is 340 Å². The molecule has 4 nitrogen and oxygen atoms in total. The Morgan fingerprint density at radius 2 is 0.535 bits per heavy atom. The van der Waals surface area contributed by atoms with E-state index < -0.39 is 12.1 Å². The summed E-state index contributed by atoms with van der Waals surface area (Å²) in [5.41, 5.74) is 0. The molecule has 0 saturated heterocycles. The van der Waals surface area contributed by atoms with Gasteiger partial charge in [0.05, 0.1) is 18.8 Å². The highest BCUT2D eigenvalue weighted by atomic mass is 16.3. The molecule has 0 fully saturated rings. The summed E-state index contributed by atoms with van der Waals surface area (Å²) >= 11 is 0. The summed E-state index contributed by atoms with van der Waals surface area (Å²) in [5.74, 6) is -0.0216. The van der Waals surface area contributed by atoms with Gasteiger partial charge >= 0.3 is 0 Å². The Balaban J connectivity index is 3.33. The molecule has 424 valence electrons. The third kappa shape index (κ3) is 59.9. The Hall–Kier alpha value is -0.870. The van der Waals surface area contributed by atoms with Crippen LogP contribution in [0.3, 0.4) is 0 Å². The van der Waals surface area contributed by atoms with E-state index in [0.717, 1.165) is 25.7 Å². The summed E-state index contributed by atoms with van der Waals surface area (Å²) in [7, 11) is 0. The normalized spacial score (nSPS) is 12.7. The van der Waals surface area contributed by atoms with Gasteiger partial charge in [0.2, 0.25) is 5.91 Å².